The van der Waals surface area contributed by atoms with Crippen LogP contribution in [0.15, 0.2) is 231 Å². The molecule has 0 bridgehead atoms. The van der Waals surface area contributed by atoms with Crippen LogP contribution in [0.4, 0.5) is 11.4 Å². The van der Waals surface area contributed by atoms with Crippen LogP contribution in [0.1, 0.15) is 27.8 Å². The molecular formula is C73H38N10O. The minimum absolute atomic E-state index is 0.558. The van der Waals surface area contributed by atoms with Gasteiger partial charge in [-0.25, -0.2) is 9.69 Å². The van der Waals surface area contributed by atoms with Crippen molar-refractivity contribution >= 4 is 98.6 Å². The Morgan fingerprint density at radius 2 is 0.821 bits per heavy atom. The van der Waals surface area contributed by atoms with Crippen molar-refractivity contribution in [1.29, 1.82) is 5.26 Å². The van der Waals surface area contributed by atoms with E-state index >= 15 is 0 Å². The van der Waals surface area contributed by atoms with Gasteiger partial charge in [0.15, 0.2) is 22.9 Å². The van der Waals surface area contributed by atoms with Gasteiger partial charge < -0.3 is 23.0 Å². The lowest BCUT2D eigenvalue weighted by atomic mass is 9.66. The molecule has 0 amide bonds. The lowest BCUT2D eigenvalue weighted by Crippen LogP contribution is -2.33. The molecule has 1 aliphatic heterocycles. The maximum Gasteiger partial charge on any atom is 0.188 e. The van der Waals surface area contributed by atoms with E-state index in [0.717, 1.165) is 144 Å². The van der Waals surface area contributed by atoms with Gasteiger partial charge in [-0.1, -0.05) is 109 Å². The lowest BCUT2D eigenvalue weighted by Gasteiger charge is -2.40. The van der Waals surface area contributed by atoms with Gasteiger partial charge in [0.2, 0.25) is 0 Å². The first-order valence-electron chi connectivity index (χ1n) is 27.6. The van der Waals surface area contributed by atoms with Gasteiger partial charge in [0.05, 0.1) is 127 Å². The Morgan fingerprint density at radius 1 is 0.393 bits per heavy atom. The molecule has 7 aromatic heterocycles. The summed E-state index contributed by atoms with van der Waals surface area (Å²) in [6.07, 6.45) is 7.71. The average Bonchev–Trinajstić information content (AvgIpc) is 1.46. The van der Waals surface area contributed by atoms with Crippen molar-refractivity contribution in [3.05, 3.63) is 282 Å². The normalized spacial score (nSPS) is 14.1. The maximum atomic E-state index is 10.3. The summed E-state index contributed by atoms with van der Waals surface area (Å²) >= 11 is 0. The van der Waals surface area contributed by atoms with E-state index in [-0.39, 0.29) is 0 Å². The van der Waals surface area contributed by atoms with Gasteiger partial charge in [-0.3, -0.25) is 15.0 Å². The Hall–Kier alpha value is -12.1. The molecular weight excluding hydrogens is 1030 g/mol. The van der Waals surface area contributed by atoms with Crippen molar-refractivity contribution in [3.63, 3.8) is 0 Å². The molecule has 0 radical (unpaired) electrons. The lowest BCUT2D eigenvalue weighted by molar-refractivity contribution is 0.433. The number of benzene rings is 9. The molecule has 8 heterocycles. The maximum absolute atomic E-state index is 10.3. The van der Waals surface area contributed by atoms with E-state index in [1.54, 1.807) is 0 Å². The molecule has 1 unspecified atom stereocenters. The molecule has 0 fully saturated rings. The summed E-state index contributed by atoms with van der Waals surface area (Å²) in [6.45, 7) is 16.0. The number of pyridine rings is 3. The first-order chi connectivity index (χ1) is 41.5. The number of para-hydroxylation sites is 6. The van der Waals surface area contributed by atoms with Gasteiger partial charge in [0.25, 0.3) is 0 Å². The van der Waals surface area contributed by atoms with Gasteiger partial charge in [-0.2, -0.15) is 5.26 Å². The Kier molecular flexibility index (Phi) is 9.11. The van der Waals surface area contributed by atoms with Crippen molar-refractivity contribution in [2.75, 3.05) is 0 Å². The van der Waals surface area contributed by atoms with Crippen molar-refractivity contribution in [1.82, 2.24) is 33.2 Å². The number of nitrogens with zero attached hydrogens (tertiary/aromatic N) is 10. The van der Waals surface area contributed by atoms with Gasteiger partial charge in [0, 0.05) is 60.8 Å². The van der Waals surface area contributed by atoms with Crippen LogP contribution in [-0.4, -0.2) is 33.2 Å². The van der Waals surface area contributed by atoms with Crippen molar-refractivity contribution in [2.24, 2.45) is 0 Å². The van der Waals surface area contributed by atoms with Crippen LogP contribution < -0.4 is 4.74 Å². The monoisotopic (exact) mass is 1070 g/mol. The number of hydrogen-bond acceptors (Lipinski definition) is 5. The van der Waals surface area contributed by atoms with E-state index in [4.69, 9.17) is 27.8 Å². The van der Waals surface area contributed by atoms with E-state index in [1.165, 1.54) is 0 Å². The van der Waals surface area contributed by atoms with Crippen molar-refractivity contribution in [2.45, 2.75) is 5.41 Å². The minimum atomic E-state index is -1.18. The van der Waals surface area contributed by atoms with Crippen LogP contribution in [0.3, 0.4) is 0 Å². The first-order valence-corrected chi connectivity index (χ1v) is 27.6. The van der Waals surface area contributed by atoms with E-state index in [0.29, 0.717) is 28.4 Å². The van der Waals surface area contributed by atoms with Crippen LogP contribution in [0.2, 0.25) is 0 Å². The molecule has 0 N–H and O–H groups in total. The summed E-state index contributed by atoms with van der Waals surface area (Å²) in [5, 5.41) is 18.4. The second-order valence-corrected chi connectivity index (χ2v) is 21.6. The Bertz CT molecular complexity index is 5560. The van der Waals surface area contributed by atoms with Gasteiger partial charge in [0.1, 0.15) is 0 Å². The van der Waals surface area contributed by atoms with Crippen molar-refractivity contribution in [3.8, 4) is 51.7 Å². The molecule has 0 saturated carbocycles. The largest absolute Gasteiger partial charge is 0.452 e. The van der Waals surface area contributed by atoms with E-state index < -0.39 is 5.41 Å². The molecule has 1 spiro atoms. The van der Waals surface area contributed by atoms with Crippen LogP contribution >= 0.6 is 0 Å². The Labute approximate surface area is 478 Å². The summed E-state index contributed by atoms with van der Waals surface area (Å²) in [6, 6.07) is 73.3. The molecule has 0 saturated heterocycles. The summed E-state index contributed by atoms with van der Waals surface area (Å²) in [7, 11) is 0. The van der Waals surface area contributed by atoms with Gasteiger partial charge in [-0.15, -0.1) is 0 Å². The molecule has 11 nitrogen and oxygen atoms in total. The summed E-state index contributed by atoms with van der Waals surface area (Å²) in [5.74, 6) is 1.28. The molecule has 11 heteroatoms. The third-order valence-corrected chi connectivity index (χ3v) is 17.6. The highest BCUT2D eigenvalue weighted by Crippen LogP contribution is 2.64. The molecule has 16 aromatic rings. The second-order valence-electron chi connectivity index (χ2n) is 21.6. The standard InChI is InChI=1S/C73H38N10O/c1-75-43-26-29-63-53(34-43)49-15-4-8-20-60(49)80(63)45-36-57-69(78-39-45)70-58(37-46(40-79-70)81-59-19-7-3-13-47(59)51-31-32-77-41-68(51)81)73(57)55-17-11-23-66(82-61-21-9-5-14-48(61)52-33-42(38-74)25-28-64(52)82)71(55)84-72-56(73)18-12-24-67(72)83-62-22-10-6-16-50(62)54-35-44(76-2)27-30-65(54)83/h3-37,39-41H. The molecule has 2 aliphatic rings. The van der Waals surface area contributed by atoms with Crippen LogP contribution in [0.5, 0.6) is 11.5 Å². The topological polar surface area (TPSA) is 100 Å². The zero-order chi connectivity index (χ0) is 55.5. The fourth-order valence-corrected chi connectivity index (χ4v) is 14.3. The van der Waals surface area contributed by atoms with E-state index in [1.807, 2.05) is 97.6 Å². The zero-order valence-corrected chi connectivity index (χ0v) is 44.3. The summed E-state index contributed by atoms with van der Waals surface area (Å²) < 4.78 is 17.0. The predicted octanol–water partition coefficient (Wildman–Crippen LogP) is 17.7. The van der Waals surface area contributed by atoms with E-state index in [9.17, 15) is 5.26 Å². The third-order valence-electron chi connectivity index (χ3n) is 17.6. The molecule has 386 valence electrons. The Balaban J connectivity index is 1.02. The SMILES string of the molecule is [C-]#[N+]c1ccc2c(c1)c1ccccc1n2-c1cnc2c(c1)C1(c3cc(-n4c5ccccc5c5ccncc54)cnc3-2)c2cccc(-n3c4ccccc4c4cc(C#N)ccc43)c2Oc2c(-n3c4ccccc4c4cc([N+]#[C-])ccc43)cccc21. The highest BCUT2D eigenvalue weighted by atomic mass is 16.5. The molecule has 84 heavy (non-hydrogen) atoms. The highest BCUT2D eigenvalue weighted by Gasteiger charge is 2.54. The number of hydrogen-bond donors (Lipinski definition) is 0. The van der Waals surface area contributed by atoms with Crippen molar-refractivity contribution < 1.29 is 4.74 Å². The number of ether oxygens (including phenoxy) is 1. The number of fused-ring (bicyclic) bond motifs is 21. The average molecular weight is 1070 g/mol. The molecule has 9 aromatic carbocycles. The summed E-state index contributed by atoms with van der Waals surface area (Å²) in [5.41, 5.74) is 16.6. The van der Waals surface area contributed by atoms with E-state index in [2.05, 4.69) is 172 Å². The zero-order valence-electron chi connectivity index (χ0n) is 44.3. The fourth-order valence-electron chi connectivity index (χ4n) is 14.3. The number of rotatable bonds is 4. The molecule has 18 rings (SSSR count). The van der Waals surface area contributed by atoms with Crippen LogP contribution in [-0.2, 0) is 5.41 Å². The smallest absolute Gasteiger partial charge is 0.188 e. The fraction of sp³-hybridized carbons (Fsp3) is 0.0137. The quantitative estimate of drug-likeness (QED) is 0.163. The number of nitriles is 1. The Morgan fingerprint density at radius 3 is 1.33 bits per heavy atom. The van der Waals surface area contributed by atoms with Crippen LogP contribution in [0, 0.1) is 24.5 Å². The van der Waals surface area contributed by atoms with Crippen LogP contribution in [0.25, 0.3) is 131 Å². The molecule has 1 atom stereocenters. The molecule has 1 aliphatic carbocycles. The van der Waals surface area contributed by atoms with Gasteiger partial charge in [-0.05, 0) is 108 Å². The second kappa shape index (κ2) is 16.7. The number of aromatic nitrogens is 7. The first kappa shape index (κ1) is 45.7. The minimum Gasteiger partial charge on any atom is -0.452 e. The third kappa shape index (κ3) is 5.86. The van der Waals surface area contributed by atoms with Gasteiger partial charge >= 0.3 is 0 Å². The highest BCUT2D eigenvalue weighted by molar-refractivity contribution is 6.13. The summed E-state index contributed by atoms with van der Waals surface area (Å²) in [4.78, 5) is 23.6. The predicted molar refractivity (Wildman–Crippen MR) is 332 cm³/mol.